The summed E-state index contributed by atoms with van der Waals surface area (Å²) in [4.78, 5) is 12.4. The first kappa shape index (κ1) is 17.2. The van der Waals surface area contributed by atoms with Crippen LogP contribution in [-0.4, -0.2) is 25.9 Å². The normalized spacial score (nSPS) is 10.3. The van der Waals surface area contributed by atoms with Gasteiger partial charge in [-0.25, -0.2) is 0 Å². The number of benzene rings is 2. The third-order valence-electron chi connectivity index (χ3n) is 3.75. The van der Waals surface area contributed by atoms with Crippen molar-refractivity contribution in [3.8, 4) is 40.4 Å². The van der Waals surface area contributed by atoms with Gasteiger partial charge in [-0.3, -0.25) is 4.79 Å². The number of phenolic OH excluding ortho intramolecular Hbond substituents is 1. The molecule has 0 spiro atoms. The van der Waals surface area contributed by atoms with E-state index in [1.165, 1.54) is 32.4 Å². The fourth-order valence-corrected chi connectivity index (χ4v) is 2.57. The molecule has 0 fully saturated rings. The van der Waals surface area contributed by atoms with Crippen LogP contribution in [0.2, 0.25) is 0 Å². The number of nitriles is 1. The number of aromatic hydroxyl groups is 1. The smallest absolute Gasteiger partial charge is 0.197 e. The molecule has 7 heteroatoms. The van der Waals surface area contributed by atoms with Crippen LogP contribution in [0.3, 0.4) is 0 Å². The lowest BCUT2D eigenvalue weighted by atomic mass is 10.1. The van der Waals surface area contributed by atoms with Gasteiger partial charge in [-0.2, -0.15) is 5.26 Å². The Morgan fingerprint density at radius 2 is 1.88 bits per heavy atom. The molecule has 132 valence electrons. The molecule has 0 saturated carbocycles. The van der Waals surface area contributed by atoms with Gasteiger partial charge in [-0.1, -0.05) is 0 Å². The van der Waals surface area contributed by atoms with Gasteiger partial charge in [0.15, 0.2) is 23.5 Å². The molecule has 0 radical (unpaired) electrons. The van der Waals surface area contributed by atoms with Crippen molar-refractivity contribution in [2.24, 2.45) is 0 Å². The molecule has 1 N–H and O–H groups in total. The molecule has 7 nitrogen and oxygen atoms in total. The van der Waals surface area contributed by atoms with Crippen LogP contribution < -0.4 is 19.6 Å². The Morgan fingerprint density at radius 1 is 1.12 bits per heavy atom. The number of methoxy groups -OCH3 is 2. The summed E-state index contributed by atoms with van der Waals surface area (Å²) in [6.07, 6.45) is 0. The van der Waals surface area contributed by atoms with E-state index in [4.69, 9.17) is 23.9 Å². The molecular weight excluding hydrogens is 338 g/mol. The van der Waals surface area contributed by atoms with Crippen molar-refractivity contribution in [1.82, 2.24) is 0 Å². The lowest BCUT2D eigenvalue weighted by molar-refractivity contribution is 0.355. The molecule has 0 aliphatic rings. The molecule has 0 unspecified atom stereocenters. The Hall–Kier alpha value is -3.66. The largest absolute Gasteiger partial charge is 0.507 e. The van der Waals surface area contributed by atoms with Crippen LogP contribution in [0.5, 0.6) is 23.0 Å². The molecule has 0 aliphatic carbocycles. The minimum atomic E-state index is -0.402. The Balaban J connectivity index is 2.16. The molecule has 3 rings (SSSR count). The van der Waals surface area contributed by atoms with Crippen molar-refractivity contribution < 1.29 is 23.7 Å². The molecule has 0 amide bonds. The van der Waals surface area contributed by atoms with Crippen LogP contribution >= 0.6 is 0 Å². The van der Waals surface area contributed by atoms with Gasteiger partial charge in [0.2, 0.25) is 0 Å². The fourth-order valence-electron chi connectivity index (χ4n) is 2.57. The number of phenols is 1. The maximum Gasteiger partial charge on any atom is 0.197 e. The molecule has 1 heterocycles. The molecule has 26 heavy (non-hydrogen) atoms. The Bertz CT molecular complexity index is 1060. The number of hydrogen-bond acceptors (Lipinski definition) is 7. The average molecular weight is 353 g/mol. The van der Waals surface area contributed by atoms with Gasteiger partial charge in [0.1, 0.15) is 34.3 Å². The predicted octanol–water partition coefficient (Wildman–Crippen LogP) is 3.09. The molecule has 0 atom stereocenters. The SMILES string of the molecule is COc1ccc(-c2cc(=O)c3c(O)cc(OCC#N)cc3o2)cc1OC. The maximum atomic E-state index is 12.4. The summed E-state index contributed by atoms with van der Waals surface area (Å²) in [6, 6.07) is 11.0. The molecule has 0 saturated heterocycles. The monoisotopic (exact) mass is 353 g/mol. The summed E-state index contributed by atoms with van der Waals surface area (Å²) in [6.45, 7) is -0.190. The number of rotatable bonds is 5. The summed E-state index contributed by atoms with van der Waals surface area (Å²) in [5.41, 5.74) is 0.347. The minimum Gasteiger partial charge on any atom is -0.507 e. The Morgan fingerprint density at radius 3 is 2.58 bits per heavy atom. The van der Waals surface area contributed by atoms with Gasteiger partial charge >= 0.3 is 0 Å². The van der Waals surface area contributed by atoms with Crippen LogP contribution in [-0.2, 0) is 0 Å². The number of fused-ring (bicyclic) bond motifs is 1. The molecule has 1 aromatic heterocycles. The van der Waals surface area contributed by atoms with Crippen LogP contribution in [0.25, 0.3) is 22.3 Å². The second-order valence-corrected chi connectivity index (χ2v) is 5.31. The summed E-state index contributed by atoms with van der Waals surface area (Å²) in [7, 11) is 3.04. The molecule has 0 aliphatic heterocycles. The Labute approximate surface area is 148 Å². The fraction of sp³-hybridized carbons (Fsp3) is 0.158. The minimum absolute atomic E-state index is 0.0403. The number of nitrogens with zero attached hydrogens (tertiary/aromatic N) is 1. The first-order valence-electron chi connectivity index (χ1n) is 7.60. The average Bonchev–Trinajstić information content (AvgIpc) is 2.65. The van der Waals surface area contributed by atoms with Crippen LogP contribution in [0.1, 0.15) is 0 Å². The highest BCUT2D eigenvalue weighted by atomic mass is 16.5. The second kappa shape index (κ2) is 7.07. The standard InChI is InChI=1S/C19H15NO6/c1-23-15-4-3-11(7-17(15)24-2)16-10-14(22)19-13(21)8-12(25-6-5-20)9-18(19)26-16/h3-4,7-10,21H,6H2,1-2H3. The van der Waals surface area contributed by atoms with E-state index in [2.05, 4.69) is 0 Å². The van der Waals surface area contributed by atoms with Crippen molar-refractivity contribution in [2.75, 3.05) is 20.8 Å². The molecule has 0 bridgehead atoms. The first-order valence-corrected chi connectivity index (χ1v) is 7.60. The zero-order chi connectivity index (χ0) is 18.7. The highest BCUT2D eigenvalue weighted by Gasteiger charge is 2.14. The van der Waals surface area contributed by atoms with E-state index >= 15 is 0 Å². The summed E-state index contributed by atoms with van der Waals surface area (Å²) < 4.78 is 21.4. The first-order chi connectivity index (χ1) is 12.6. The lowest BCUT2D eigenvalue weighted by Gasteiger charge is -2.10. The van der Waals surface area contributed by atoms with Gasteiger partial charge in [-0.05, 0) is 18.2 Å². The topological polar surface area (TPSA) is 102 Å². The van der Waals surface area contributed by atoms with Gasteiger partial charge < -0.3 is 23.7 Å². The van der Waals surface area contributed by atoms with Gasteiger partial charge in [-0.15, -0.1) is 0 Å². The van der Waals surface area contributed by atoms with E-state index in [1.807, 2.05) is 6.07 Å². The van der Waals surface area contributed by atoms with E-state index < -0.39 is 5.43 Å². The van der Waals surface area contributed by atoms with Crippen molar-refractivity contribution >= 4 is 11.0 Å². The van der Waals surface area contributed by atoms with Crippen LogP contribution in [0.15, 0.2) is 45.6 Å². The summed E-state index contributed by atoms with van der Waals surface area (Å²) in [5, 5.41) is 18.7. The van der Waals surface area contributed by atoms with E-state index in [0.717, 1.165) is 0 Å². The van der Waals surface area contributed by atoms with Crippen molar-refractivity contribution in [3.63, 3.8) is 0 Å². The molecule has 3 aromatic rings. The number of hydrogen-bond donors (Lipinski definition) is 1. The lowest BCUT2D eigenvalue weighted by Crippen LogP contribution is -2.02. The summed E-state index contributed by atoms with van der Waals surface area (Å²) in [5.74, 6) is 1.28. The van der Waals surface area contributed by atoms with Gasteiger partial charge in [0, 0.05) is 23.8 Å². The van der Waals surface area contributed by atoms with E-state index in [9.17, 15) is 9.90 Å². The third kappa shape index (κ3) is 3.13. The number of ether oxygens (including phenoxy) is 3. The molecule has 2 aromatic carbocycles. The van der Waals surface area contributed by atoms with Gasteiger partial charge in [0.25, 0.3) is 0 Å². The molecular formula is C19H15NO6. The van der Waals surface area contributed by atoms with Crippen molar-refractivity contribution in [1.29, 1.82) is 5.26 Å². The zero-order valence-corrected chi connectivity index (χ0v) is 14.1. The van der Waals surface area contributed by atoms with E-state index in [-0.39, 0.29) is 29.1 Å². The van der Waals surface area contributed by atoms with Gasteiger partial charge in [0.05, 0.1) is 14.2 Å². The second-order valence-electron chi connectivity index (χ2n) is 5.31. The highest BCUT2D eigenvalue weighted by Crippen LogP contribution is 2.34. The summed E-state index contributed by atoms with van der Waals surface area (Å²) >= 11 is 0. The van der Waals surface area contributed by atoms with E-state index in [0.29, 0.717) is 22.8 Å². The predicted molar refractivity (Wildman–Crippen MR) is 93.8 cm³/mol. The third-order valence-corrected chi connectivity index (χ3v) is 3.75. The van der Waals surface area contributed by atoms with E-state index in [1.54, 1.807) is 18.2 Å². The van der Waals surface area contributed by atoms with Crippen LogP contribution in [0.4, 0.5) is 0 Å². The quantitative estimate of drug-likeness (QED) is 0.752. The van der Waals surface area contributed by atoms with Crippen molar-refractivity contribution in [3.05, 3.63) is 46.6 Å². The van der Waals surface area contributed by atoms with Crippen molar-refractivity contribution in [2.45, 2.75) is 0 Å². The highest BCUT2D eigenvalue weighted by molar-refractivity contribution is 5.86. The Kier molecular flexibility index (Phi) is 4.67. The zero-order valence-electron chi connectivity index (χ0n) is 14.1. The van der Waals surface area contributed by atoms with Crippen LogP contribution in [0, 0.1) is 11.3 Å². The maximum absolute atomic E-state index is 12.4.